The first kappa shape index (κ1) is 14.9. The molecular formula is C16H25N3O. The number of rotatable bonds is 3. The number of aryl methyl sites for hydroxylation is 2. The van der Waals surface area contributed by atoms with Gasteiger partial charge in [-0.3, -0.25) is 9.69 Å². The SMILES string of the molecule is Cc1cc(C2CCN([C@H](C)C(N)=O)CC2)c(C)cc1N. The second kappa shape index (κ2) is 5.83. The van der Waals surface area contributed by atoms with Crippen LogP contribution >= 0.6 is 0 Å². The van der Waals surface area contributed by atoms with Crippen LogP contribution < -0.4 is 11.5 Å². The molecule has 0 radical (unpaired) electrons. The number of nitrogen functional groups attached to an aromatic ring is 1. The van der Waals surface area contributed by atoms with Gasteiger partial charge < -0.3 is 11.5 Å². The van der Waals surface area contributed by atoms with E-state index in [0.717, 1.165) is 37.2 Å². The lowest BCUT2D eigenvalue weighted by molar-refractivity contribution is -0.123. The summed E-state index contributed by atoms with van der Waals surface area (Å²) in [7, 11) is 0. The molecule has 0 aliphatic carbocycles. The van der Waals surface area contributed by atoms with Crippen LogP contribution in [0.25, 0.3) is 0 Å². The van der Waals surface area contributed by atoms with E-state index in [1.807, 2.05) is 6.92 Å². The highest BCUT2D eigenvalue weighted by molar-refractivity contribution is 5.79. The normalized spacial score (nSPS) is 18.9. The Morgan fingerprint density at radius 3 is 2.40 bits per heavy atom. The number of nitrogens with two attached hydrogens (primary N) is 2. The van der Waals surface area contributed by atoms with Crippen molar-refractivity contribution < 1.29 is 4.79 Å². The summed E-state index contributed by atoms with van der Waals surface area (Å²) in [5.74, 6) is 0.327. The fourth-order valence-electron chi connectivity index (χ4n) is 3.08. The van der Waals surface area contributed by atoms with E-state index < -0.39 is 0 Å². The number of likely N-dealkylation sites (tertiary alicyclic amines) is 1. The zero-order valence-corrected chi connectivity index (χ0v) is 12.6. The van der Waals surface area contributed by atoms with Gasteiger partial charge in [0.25, 0.3) is 0 Å². The summed E-state index contributed by atoms with van der Waals surface area (Å²) in [6, 6.07) is 4.14. The van der Waals surface area contributed by atoms with Crippen LogP contribution in [0.15, 0.2) is 12.1 Å². The van der Waals surface area contributed by atoms with Crippen LogP contribution in [-0.2, 0) is 4.79 Å². The molecular weight excluding hydrogens is 250 g/mol. The minimum Gasteiger partial charge on any atom is -0.399 e. The summed E-state index contributed by atoms with van der Waals surface area (Å²) in [6.07, 6.45) is 2.14. The van der Waals surface area contributed by atoms with Gasteiger partial charge in [0.2, 0.25) is 5.91 Å². The monoisotopic (exact) mass is 275 g/mol. The number of piperidine rings is 1. The molecule has 4 N–H and O–H groups in total. The van der Waals surface area contributed by atoms with Crippen LogP contribution in [-0.4, -0.2) is 29.9 Å². The van der Waals surface area contributed by atoms with Crippen LogP contribution in [0.5, 0.6) is 0 Å². The van der Waals surface area contributed by atoms with Gasteiger partial charge in [0, 0.05) is 5.69 Å². The molecule has 0 unspecified atom stereocenters. The van der Waals surface area contributed by atoms with E-state index in [1.165, 1.54) is 11.1 Å². The Labute approximate surface area is 121 Å². The van der Waals surface area contributed by atoms with Crippen molar-refractivity contribution in [3.63, 3.8) is 0 Å². The van der Waals surface area contributed by atoms with Crippen molar-refractivity contribution in [2.75, 3.05) is 18.8 Å². The number of carbonyl (C=O) groups excluding carboxylic acids is 1. The maximum Gasteiger partial charge on any atom is 0.234 e. The fraction of sp³-hybridized carbons (Fsp3) is 0.562. The Balaban J connectivity index is 2.08. The Kier molecular flexibility index (Phi) is 4.33. The molecule has 1 heterocycles. The number of carbonyl (C=O) groups is 1. The maximum atomic E-state index is 11.3. The van der Waals surface area contributed by atoms with Gasteiger partial charge in [-0.25, -0.2) is 0 Å². The highest BCUT2D eigenvalue weighted by atomic mass is 16.1. The Hall–Kier alpha value is -1.55. The molecule has 1 atom stereocenters. The van der Waals surface area contributed by atoms with Crippen LogP contribution in [0.4, 0.5) is 5.69 Å². The third-order valence-electron chi connectivity index (χ3n) is 4.58. The van der Waals surface area contributed by atoms with E-state index in [1.54, 1.807) is 0 Å². The smallest absolute Gasteiger partial charge is 0.234 e. The molecule has 1 aromatic rings. The quantitative estimate of drug-likeness (QED) is 0.828. The summed E-state index contributed by atoms with van der Waals surface area (Å²) in [4.78, 5) is 13.4. The summed E-state index contributed by atoms with van der Waals surface area (Å²) >= 11 is 0. The van der Waals surface area contributed by atoms with Crippen molar-refractivity contribution in [2.24, 2.45) is 5.73 Å². The number of hydrogen-bond acceptors (Lipinski definition) is 3. The lowest BCUT2D eigenvalue weighted by Crippen LogP contribution is -2.46. The molecule has 0 saturated carbocycles. The Morgan fingerprint density at radius 1 is 1.25 bits per heavy atom. The lowest BCUT2D eigenvalue weighted by atomic mass is 9.85. The number of nitrogens with zero attached hydrogens (tertiary/aromatic N) is 1. The van der Waals surface area contributed by atoms with Gasteiger partial charge in [0.05, 0.1) is 6.04 Å². The second-order valence-corrected chi connectivity index (χ2v) is 5.95. The molecule has 1 saturated heterocycles. The zero-order chi connectivity index (χ0) is 14.9. The Morgan fingerprint density at radius 2 is 1.85 bits per heavy atom. The topological polar surface area (TPSA) is 72.3 Å². The van der Waals surface area contributed by atoms with E-state index in [0.29, 0.717) is 5.92 Å². The molecule has 1 amide bonds. The molecule has 0 aromatic heterocycles. The van der Waals surface area contributed by atoms with Gasteiger partial charge in [-0.1, -0.05) is 6.07 Å². The molecule has 4 nitrogen and oxygen atoms in total. The van der Waals surface area contributed by atoms with E-state index in [2.05, 4.69) is 30.9 Å². The average molecular weight is 275 g/mol. The molecule has 2 rings (SSSR count). The largest absolute Gasteiger partial charge is 0.399 e. The molecule has 20 heavy (non-hydrogen) atoms. The van der Waals surface area contributed by atoms with Gasteiger partial charge in [0.1, 0.15) is 0 Å². The first-order valence-corrected chi connectivity index (χ1v) is 7.30. The van der Waals surface area contributed by atoms with E-state index >= 15 is 0 Å². The number of benzene rings is 1. The van der Waals surface area contributed by atoms with Crippen LogP contribution in [0.1, 0.15) is 42.4 Å². The van der Waals surface area contributed by atoms with Gasteiger partial charge in [-0.05, 0) is 75.4 Å². The predicted octanol–water partition coefficient (Wildman–Crippen LogP) is 1.94. The maximum absolute atomic E-state index is 11.3. The van der Waals surface area contributed by atoms with Gasteiger partial charge in [0.15, 0.2) is 0 Å². The summed E-state index contributed by atoms with van der Waals surface area (Å²) < 4.78 is 0. The lowest BCUT2D eigenvalue weighted by Gasteiger charge is -2.35. The zero-order valence-electron chi connectivity index (χ0n) is 12.6. The molecule has 0 bridgehead atoms. The highest BCUT2D eigenvalue weighted by Crippen LogP contribution is 2.32. The standard InChI is InChI=1S/C16H25N3O/c1-10-9-15(17)11(2)8-14(10)13-4-6-19(7-5-13)12(3)16(18)20/h8-9,12-13H,4-7,17H2,1-3H3,(H2,18,20)/t12-/m1/s1. The predicted molar refractivity (Wildman–Crippen MR) is 82.5 cm³/mol. The van der Waals surface area contributed by atoms with Crippen molar-refractivity contribution in [1.29, 1.82) is 0 Å². The number of amides is 1. The summed E-state index contributed by atoms with van der Waals surface area (Å²) in [5, 5.41) is 0. The minimum atomic E-state index is -0.233. The van der Waals surface area contributed by atoms with Gasteiger partial charge in [-0.15, -0.1) is 0 Å². The van der Waals surface area contributed by atoms with E-state index in [9.17, 15) is 4.79 Å². The van der Waals surface area contributed by atoms with Gasteiger partial charge >= 0.3 is 0 Å². The third kappa shape index (κ3) is 2.96. The third-order valence-corrected chi connectivity index (χ3v) is 4.58. The average Bonchev–Trinajstić information content (AvgIpc) is 2.42. The molecule has 1 aliphatic rings. The number of hydrogen-bond donors (Lipinski definition) is 2. The Bertz CT molecular complexity index is 505. The van der Waals surface area contributed by atoms with Crippen molar-refractivity contribution in [3.8, 4) is 0 Å². The number of primary amides is 1. The molecule has 1 fully saturated rings. The minimum absolute atomic E-state index is 0.162. The highest BCUT2D eigenvalue weighted by Gasteiger charge is 2.26. The van der Waals surface area contributed by atoms with Crippen molar-refractivity contribution >= 4 is 11.6 Å². The van der Waals surface area contributed by atoms with Crippen molar-refractivity contribution in [1.82, 2.24) is 4.90 Å². The first-order chi connectivity index (χ1) is 9.40. The van der Waals surface area contributed by atoms with E-state index in [4.69, 9.17) is 11.5 Å². The second-order valence-electron chi connectivity index (χ2n) is 5.95. The van der Waals surface area contributed by atoms with Crippen LogP contribution in [0.3, 0.4) is 0 Å². The molecule has 0 spiro atoms. The van der Waals surface area contributed by atoms with E-state index in [-0.39, 0.29) is 11.9 Å². The summed E-state index contributed by atoms with van der Waals surface area (Å²) in [5.41, 5.74) is 16.0. The van der Waals surface area contributed by atoms with Crippen molar-refractivity contribution in [2.45, 2.75) is 45.6 Å². The number of anilines is 1. The van der Waals surface area contributed by atoms with Crippen LogP contribution in [0.2, 0.25) is 0 Å². The van der Waals surface area contributed by atoms with Crippen molar-refractivity contribution in [3.05, 3.63) is 28.8 Å². The summed E-state index contributed by atoms with van der Waals surface area (Å²) in [6.45, 7) is 7.93. The molecule has 4 heteroatoms. The van der Waals surface area contributed by atoms with Crippen LogP contribution in [0, 0.1) is 13.8 Å². The molecule has 110 valence electrons. The molecule has 1 aliphatic heterocycles. The first-order valence-electron chi connectivity index (χ1n) is 7.30. The van der Waals surface area contributed by atoms with Gasteiger partial charge in [-0.2, -0.15) is 0 Å². The molecule has 1 aromatic carbocycles. The fourth-order valence-corrected chi connectivity index (χ4v) is 3.08.